The lowest BCUT2D eigenvalue weighted by Crippen LogP contribution is -2.41. The maximum absolute atomic E-state index is 12.0. The molecule has 0 bridgehead atoms. The second kappa shape index (κ2) is 5.82. The number of Topliss-reactive ketones (excluding diaryl/α,β-unsaturated/α-hetero) is 1. The van der Waals surface area contributed by atoms with Crippen LogP contribution >= 0.6 is 12.2 Å². The number of aliphatic hydroxyl groups excluding tert-OH is 1. The number of allylic oxidation sites excluding steroid dienone is 1. The van der Waals surface area contributed by atoms with Gasteiger partial charge in [0.2, 0.25) is 0 Å². The number of ether oxygens (including phenoxy) is 1. The number of aliphatic hydroxyl groups is 1. The topological polar surface area (TPSA) is 63.6 Å². The van der Waals surface area contributed by atoms with Crippen molar-refractivity contribution in [1.29, 1.82) is 0 Å². The lowest BCUT2D eigenvalue weighted by molar-refractivity contribution is -0.149. The fourth-order valence-corrected chi connectivity index (χ4v) is 3.05. The van der Waals surface area contributed by atoms with Crippen molar-refractivity contribution in [3.8, 4) is 0 Å². The van der Waals surface area contributed by atoms with Crippen molar-refractivity contribution in [2.75, 3.05) is 7.11 Å². The smallest absolute Gasteiger partial charge is 0.316 e. The lowest BCUT2D eigenvalue weighted by Gasteiger charge is -2.37. The molecule has 0 aliphatic heterocycles. The van der Waals surface area contributed by atoms with Crippen LogP contribution in [-0.4, -0.2) is 28.8 Å². The minimum absolute atomic E-state index is 0.145. The summed E-state index contributed by atoms with van der Waals surface area (Å²) >= 11 is 5.23. The molecule has 0 fully saturated rings. The SMILES string of the molecule is CCCC(=O)C1=C(O)[C@@H](C(=O)OC)C(C)(C)CC1=S. The predicted molar refractivity (Wildman–Crippen MR) is 76.1 cm³/mol. The van der Waals surface area contributed by atoms with E-state index >= 15 is 0 Å². The summed E-state index contributed by atoms with van der Waals surface area (Å²) in [7, 11) is 1.27. The molecule has 19 heavy (non-hydrogen) atoms. The van der Waals surface area contributed by atoms with E-state index in [1.54, 1.807) is 0 Å². The fourth-order valence-electron chi connectivity index (χ4n) is 2.46. The second-order valence-corrected chi connectivity index (χ2v) is 5.97. The summed E-state index contributed by atoms with van der Waals surface area (Å²) in [6, 6.07) is 0. The van der Waals surface area contributed by atoms with Crippen molar-refractivity contribution < 1.29 is 19.4 Å². The number of hydrogen-bond acceptors (Lipinski definition) is 5. The van der Waals surface area contributed by atoms with E-state index in [1.807, 2.05) is 20.8 Å². The molecule has 0 unspecified atom stereocenters. The van der Waals surface area contributed by atoms with Gasteiger partial charge in [-0.3, -0.25) is 9.59 Å². The van der Waals surface area contributed by atoms with Gasteiger partial charge in [0.1, 0.15) is 11.7 Å². The molecule has 1 rings (SSSR count). The molecular formula is C14H20O4S. The first-order valence-corrected chi connectivity index (χ1v) is 6.74. The van der Waals surface area contributed by atoms with E-state index in [4.69, 9.17) is 17.0 Å². The van der Waals surface area contributed by atoms with E-state index in [2.05, 4.69) is 0 Å². The Bertz CT molecular complexity index is 448. The zero-order valence-corrected chi connectivity index (χ0v) is 12.6. The molecule has 0 saturated heterocycles. The van der Waals surface area contributed by atoms with Gasteiger partial charge in [0.05, 0.1) is 12.7 Å². The van der Waals surface area contributed by atoms with Crippen LogP contribution in [-0.2, 0) is 14.3 Å². The van der Waals surface area contributed by atoms with Crippen LogP contribution in [0, 0.1) is 11.3 Å². The van der Waals surface area contributed by atoms with Crippen LogP contribution in [0.4, 0.5) is 0 Å². The molecule has 1 aliphatic carbocycles. The van der Waals surface area contributed by atoms with Gasteiger partial charge in [0.25, 0.3) is 0 Å². The van der Waals surface area contributed by atoms with Gasteiger partial charge in [0, 0.05) is 11.3 Å². The van der Waals surface area contributed by atoms with Crippen molar-refractivity contribution in [3.63, 3.8) is 0 Å². The minimum atomic E-state index is -0.833. The fraction of sp³-hybridized carbons (Fsp3) is 0.643. The molecule has 106 valence electrons. The maximum Gasteiger partial charge on any atom is 0.316 e. The van der Waals surface area contributed by atoms with Gasteiger partial charge in [-0.2, -0.15) is 0 Å². The van der Waals surface area contributed by atoms with Gasteiger partial charge in [-0.15, -0.1) is 0 Å². The van der Waals surface area contributed by atoms with Crippen LogP contribution in [0.2, 0.25) is 0 Å². The number of carbonyl (C=O) groups is 2. The summed E-state index contributed by atoms with van der Waals surface area (Å²) in [6.07, 6.45) is 1.40. The van der Waals surface area contributed by atoms with Gasteiger partial charge >= 0.3 is 5.97 Å². The normalized spacial score (nSPS) is 22.3. The van der Waals surface area contributed by atoms with Crippen molar-refractivity contribution in [2.24, 2.45) is 11.3 Å². The Labute approximate surface area is 118 Å². The number of thiocarbonyl (C=S) groups is 1. The molecule has 1 aliphatic rings. The Morgan fingerprint density at radius 1 is 1.47 bits per heavy atom. The molecule has 0 heterocycles. The number of rotatable bonds is 4. The molecule has 0 aromatic rings. The molecule has 1 atom stereocenters. The van der Waals surface area contributed by atoms with Gasteiger partial charge in [-0.25, -0.2) is 0 Å². The first-order chi connectivity index (χ1) is 8.76. The molecule has 1 N–H and O–H groups in total. The highest BCUT2D eigenvalue weighted by atomic mass is 32.1. The Hall–Kier alpha value is -1.23. The van der Waals surface area contributed by atoms with Crippen molar-refractivity contribution in [3.05, 3.63) is 11.3 Å². The molecule has 5 heteroatoms. The van der Waals surface area contributed by atoms with E-state index < -0.39 is 17.3 Å². The molecule has 0 amide bonds. The first kappa shape index (κ1) is 15.8. The second-order valence-electron chi connectivity index (χ2n) is 5.48. The first-order valence-electron chi connectivity index (χ1n) is 6.33. The molecular weight excluding hydrogens is 264 g/mol. The summed E-state index contributed by atoms with van der Waals surface area (Å²) in [6.45, 7) is 5.54. The van der Waals surface area contributed by atoms with E-state index in [1.165, 1.54) is 7.11 Å². The monoisotopic (exact) mass is 284 g/mol. The van der Waals surface area contributed by atoms with E-state index in [9.17, 15) is 14.7 Å². The highest BCUT2D eigenvalue weighted by molar-refractivity contribution is 7.81. The highest BCUT2D eigenvalue weighted by Gasteiger charge is 2.46. The Morgan fingerprint density at radius 2 is 2.05 bits per heavy atom. The Kier molecular flexibility index (Phi) is 4.85. The summed E-state index contributed by atoms with van der Waals surface area (Å²) in [4.78, 5) is 24.3. The predicted octanol–water partition coefficient (Wildman–Crippen LogP) is 2.76. The van der Waals surface area contributed by atoms with Crippen molar-refractivity contribution in [2.45, 2.75) is 40.0 Å². The molecule has 0 radical (unpaired) electrons. The maximum atomic E-state index is 12.0. The number of esters is 1. The Morgan fingerprint density at radius 3 is 2.53 bits per heavy atom. The number of hydrogen-bond donors (Lipinski definition) is 1. The zero-order valence-electron chi connectivity index (χ0n) is 11.8. The average molecular weight is 284 g/mol. The summed E-state index contributed by atoms with van der Waals surface area (Å²) < 4.78 is 4.73. The van der Waals surface area contributed by atoms with Gasteiger partial charge in [-0.05, 0) is 18.3 Å². The van der Waals surface area contributed by atoms with E-state index in [0.717, 1.165) is 0 Å². The van der Waals surface area contributed by atoms with Crippen LogP contribution in [0.15, 0.2) is 11.3 Å². The number of carbonyl (C=O) groups excluding carboxylic acids is 2. The quantitative estimate of drug-likeness (QED) is 0.635. The molecule has 0 aromatic heterocycles. The van der Waals surface area contributed by atoms with Crippen molar-refractivity contribution in [1.82, 2.24) is 0 Å². The largest absolute Gasteiger partial charge is 0.511 e. The van der Waals surface area contributed by atoms with E-state index in [0.29, 0.717) is 24.1 Å². The zero-order chi connectivity index (χ0) is 14.8. The van der Waals surface area contributed by atoms with Crippen LogP contribution < -0.4 is 0 Å². The van der Waals surface area contributed by atoms with Gasteiger partial charge in [-0.1, -0.05) is 33.0 Å². The third-order valence-corrected chi connectivity index (χ3v) is 3.75. The molecule has 0 spiro atoms. The third-order valence-electron chi connectivity index (χ3n) is 3.40. The van der Waals surface area contributed by atoms with Crippen molar-refractivity contribution >= 4 is 28.8 Å². The van der Waals surface area contributed by atoms with Crippen LogP contribution in [0.25, 0.3) is 0 Å². The molecule has 4 nitrogen and oxygen atoms in total. The van der Waals surface area contributed by atoms with Crippen LogP contribution in [0.1, 0.15) is 40.0 Å². The number of ketones is 1. The standard InChI is InChI=1S/C14H20O4S/c1-5-6-8(15)10-9(19)7-14(2,3)11(12(10)16)13(17)18-4/h11,16H,5-7H2,1-4H3/t11-/m0/s1. The van der Waals surface area contributed by atoms with Gasteiger partial charge in [0.15, 0.2) is 5.78 Å². The highest BCUT2D eigenvalue weighted by Crippen LogP contribution is 2.42. The van der Waals surface area contributed by atoms with E-state index in [-0.39, 0.29) is 17.1 Å². The van der Waals surface area contributed by atoms with Gasteiger partial charge < -0.3 is 9.84 Å². The Balaban J connectivity index is 3.31. The average Bonchev–Trinajstić information content (AvgIpc) is 2.26. The van der Waals surface area contributed by atoms with Crippen LogP contribution in [0.5, 0.6) is 0 Å². The van der Waals surface area contributed by atoms with Crippen LogP contribution in [0.3, 0.4) is 0 Å². The third kappa shape index (κ3) is 3.03. The number of methoxy groups -OCH3 is 1. The lowest BCUT2D eigenvalue weighted by atomic mass is 9.68. The summed E-state index contributed by atoms with van der Waals surface area (Å²) in [5, 5.41) is 10.3. The summed E-state index contributed by atoms with van der Waals surface area (Å²) in [5.41, 5.74) is -0.406. The molecule has 0 aromatic carbocycles. The molecule has 0 saturated carbocycles. The minimum Gasteiger partial charge on any atom is -0.511 e. The summed E-state index contributed by atoms with van der Waals surface area (Å²) in [5.74, 6) is -1.80.